The van der Waals surface area contributed by atoms with Crippen molar-refractivity contribution in [2.24, 2.45) is 0 Å². The molecule has 12 aromatic carbocycles. The number of aromatic nitrogens is 6. The summed E-state index contributed by atoms with van der Waals surface area (Å²) in [5.74, 6) is 0.623. The van der Waals surface area contributed by atoms with Crippen molar-refractivity contribution in [1.29, 1.82) is 0 Å². The fourth-order valence-electron chi connectivity index (χ4n) is 13.3. The lowest BCUT2D eigenvalue weighted by atomic mass is 10.0. The van der Waals surface area contributed by atoms with E-state index in [0.29, 0.717) is 5.82 Å². The average Bonchev–Trinajstić information content (AvgIpc) is 3.81. The lowest BCUT2D eigenvalue weighted by molar-refractivity contribution is 1.12. The Balaban J connectivity index is 0.962. The summed E-state index contributed by atoms with van der Waals surface area (Å²) in [6.07, 6.45) is 1.88. The van der Waals surface area contributed by atoms with Crippen LogP contribution in [0.15, 0.2) is 292 Å². The van der Waals surface area contributed by atoms with Crippen LogP contribution >= 0.6 is 0 Å². The number of hydrogen-bond donors (Lipinski definition) is 0. The highest BCUT2D eigenvalue weighted by Gasteiger charge is 2.22. The first-order chi connectivity index (χ1) is 41.6. The molecule has 392 valence electrons. The van der Waals surface area contributed by atoms with E-state index in [1.807, 2.05) is 6.08 Å². The van der Waals surface area contributed by atoms with E-state index in [9.17, 15) is 0 Å². The highest BCUT2D eigenvalue weighted by Crippen LogP contribution is 2.42. The lowest BCUT2D eigenvalue weighted by Gasteiger charge is -2.18. The Morgan fingerprint density at radius 1 is 0.238 bits per heavy atom. The van der Waals surface area contributed by atoms with E-state index in [-0.39, 0.29) is 0 Å². The van der Waals surface area contributed by atoms with Gasteiger partial charge < -0.3 is 18.3 Å². The maximum absolute atomic E-state index is 5.68. The van der Waals surface area contributed by atoms with Gasteiger partial charge in [0.1, 0.15) is 0 Å². The van der Waals surface area contributed by atoms with Crippen LogP contribution in [-0.4, -0.2) is 28.2 Å². The molecule has 0 unspecified atom stereocenters. The molecule has 0 fully saturated rings. The van der Waals surface area contributed by atoms with Crippen molar-refractivity contribution in [2.75, 3.05) is 0 Å². The minimum absolute atomic E-state index is 0.623. The smallest absolute Gasteiger partial charge is 0.160 e. The normalized spacial score (nSPS) is 11.9. The van der Waals surface area contributed by atoms with Gasteiger partial charge in [-0.25, -0.2) is 9.97 Å². The van der Waals surface area contributed by atoms with Gasteiger partial charge in [0.25, 0.3) is 0 Å². The topological polar surface area (TPSA) is 45.5 Å². The third-order valence-corrected chi connectivity index (χ3v) is 17.1. The third kappa shape index (κ3) is 7.44. The zero-order valence-corrected chi connectivity index (χ0v) is 45.6. The van der Waals surface area contributed by atoms with Gasteiger partial charge >= 0.3 is 0 Å². The number of hydrogen-bond acceptors (Lipinski definition) is 2. The van der Waals surface area contributed by atoms with Crippen LogP contribution in [0.25, 0.3) is 161 Å². The van der Waals surface area contributed by atoms with Crippen molar-refractivity contribution in [1.82, 2.24) is 28.2 Å². The molecular weight excluding hydrogens is 1020 g/mol. The summed E-state index contributed by atoms with van der Waals surface area (Å²) in [4.78, 5) is 11.4. The number of para-hydroxylation sites is 8. The van der Waals surface area contributed by atoms with Gasteiger partial charge in [0, 0.05) is 82.5 Å². The molecule has 0 spiro atoms. The van der Waals surface area contributed by atoms with Crippen molar-refractivity contribution in [3.63, 3.8) is 0 Å². The Morgan fingerprint density at radius 3 is 0.738 bits per heavy atom. The number of rotatable bonds is 9. The molecule has 0 saturated carbocycles. The van der Waals surface area contributed by atoms with Crippen LogP contribution in [0.4, 0.5) is 0 Å². The van der Waals surface area contributed by atoms with Gasteiger partial charge in [0.2, 0.25) is 0 Å². The average molecular weight is 1070 g/mol. The minimum atomic E-state index is 0.623. The van der Waals surface area contributed by atoms with Crippen molar-refractivity contribution < 1.29 is 0 Å². The van der Waals surface area contributed by atoms with E-state index in [2.05, 4.69) is 310 Å². The summed E-state index contributed by atoms with van der Waals surface area (Å²) in [6.45, 7) is 3.98. The summed E-state index contributed by atoms with van der Waals surface area (Å²) < 4.78 is 9.67. The molecular formula is C78H50N6. The molecule has 0 saturated heterocycles. The van der Waals surface area contributed by atoms with Gasteiger partial charge in [-0.2, -0.15) is 0 Å². The lowest BCUT2D eigenvalue weighted by Crippen LogP contribution is -2.03. The first-order valence-corrected chi connectivity index (χ1v) is 28.6. The van der Waals surface area contributed by atoms with Gasteiger partial charge in [-0.05, 0) is 108 Å². The van der Waals surface area contributed by atoms with Crippen LogP contribution < -0.4 is 0 Å². The molecule has 0 aliphatic carbocycles. The number of fused-ring (bicyclic) bond motifs is 12. The monoisotopic (exact) mass is 1070 g/mol. The van der Waals surface area contributed by atoms with Gasteiger partial charge in [0.05, 0.1) is 55.5 Å². The Bertz CT molecular complexity index is 4740. The van der Waals surface area contributed by atoms with Crippen molar-refractivity contribution in [3.05, 3.63) is 297 Å². The Kier molecular flexibility index (Phi) is 10.7. The molecule has 0 aliphatic heterocycles. The quantitative estimate of drug-likeness (QED) is 0.145. The molecule has 0 amide bonds. The van der Waals surface area contributed by atoms with Gasteiger partial charge in [-0.3, -0.25) is 0 Å². The molecule has 17 aromatic rings. The van der Waals surface area contributed by atoms with Crippen molar-refractivity contribution in [2.45, 2.75) is 0 Å². The number of benzene rings is 12. The van der Waals surface area contributed by atoms with Crippen LogP contribution in [0.5, 0.6) is 0 Å². The first-order valence-electron chi connectivity index (χ1n) is 28.6. The maximum Gasteiger partial charge on any atom is 0.160 e. The van der Waals surface area contributed by atoms with Crippen molar-refractivity contribution in [3.8, 4) is 67.8 Å². The minimum Gasteiger partial charge on any atom is -0.309 e. The number of nitrogens with zero attached hydrogens (tertiary/aromatic N) is 6. The molecule has 5 heterocycles. The Morgan fingerprint density at radius 2 is 0.476 bits per heavy atom. The van der Waals surface area contributed by atoms with Crippen LogP contribution in [0.3, 0.4) is 0 Å². The van der Waals surface area contributed by atoms with E-state index < -0.39 is 0 Å². The van der Waals surface area contributed by atoms with Crippen LogP contribution in [0, 0.1) is 0 Å². The zero-order chi connectivity index (χ0) is 55.4. The summed E-state index contributed by atoms with van der Waals surface area (Å²) in [6, 6.07) is 103. The molecule has 5 aromatic heterocycles. The van der Waals surface area contributed by atoms with E-state index in [4.69, 9.17) is 9.97 Å². The molecule has 0 N–H and O–H groups in total. The fourth-order valence-corrected chi connectivity index (χ4v) is 13.3. The van der Waals surface area contributed by atoms with Crippen molar-refractivity contribution >= 4 is 93.3 Å². The van der Waals surface area contributed by atoms with Crippen LogP contribution in [-0.2, 0) is 0 Å². The largest absolute Gasteiger partial charge is 0.309 e. The Labute approximate surface area is 483 Å². The molecule has 6 heteroatoms. The van der Waals surface area contributed by atoms with Crippen LogP contribution in [0.1, 0.15) is 5.56 Å². The highest BCUT2D eigenvalue weighted by molar-refractivity contribution is 6.13. The van der Waals surface area contributed by atoms with E-state index in [1.54, 1.807) is 0 Å². The molecule has 0 bridgehead atoms. The molecule has 17 rings (SSSR count). The molecule has 0 atom stereocenters. The molecule has 0 radical (unpaired) electrons. The summed E-state index contributed by atoms with van der Waals surface area (Å²) in [5, 5.41) is 9.60. The van der Waals surface area contributed by atoms with Gasteiger partial charge in [0.15, 0.2) is 5.82 Å². The van der Waals surface area contributed by atoms with Crippen LogP contribution in [0.2, 0.25) is 0 Å². The fraction of sp³-hybridized carbons (Fsp3) is 0. The highest BCUT2D eigenvalue weighted by atomic mass is 15.0. The predicted octanol–water partition coefficient (Wildman–Crippen LogP) is 20.2. The van der Waals surface area contributed by atoms with Gasteiger partial charge in [-0.15, -0.1) is 0 Å². The molecule has 84 heavy (non-hydrogen) atoms. The zero-order valence-electron chi connectivity index (χ0n) is 45.6. The summed E-state index contributed by atoms with van der Waals surface area (Å²) in [5.41, 5.74) is 20.9. The van der Waals surface area contributed by atoms with E-state index in [0.717, 1.165) is 112 Å². The molecule has 6 nitrogen and oxygen atoms in total. The Hall–Kier alpha value is -11.3. The first kappa shape index (κ1) is 47.5. The van der Waals surface area contributed by atoms with E-state index >= 15 is 0 Å². The summed E-state index contributed by atoms with van der Waals surface area (Å²) >= 11 is 0. The second kappa shape index (κ2) is 18.9. The second-order valence-corrected chi connectivity index (χ2v) is 21.8. The van der Waals surface area contributed by atoms with Gasteiger partial charge in [-0.1, -0.05) is 207 Å². The predicted molar refractivity (Wildman–Crippen MR) is 351 cm³/mol. The third-order valence-electron chi connectivity index (χ3n) is 17.1. The standard InChI is InChI=1S/C78H50N6/c1-2-50-35-37-51(38-36-50)52-39-41-53(42-40-52)78-79-68(54-43-56(81-70-27-11-3-19-60(70)61-20-4-12-28-71(61)81)47-57(44-54)82-72-29-13-5-21-62(72)63-22-6-14-30-73(63)82)49-69(80-78)55-45-58(83-74-31-15-7-23-64(74)65-24-8-16-32-75(65)83)48-59(46-55)84-76-33-17-9-25-66(76)67-26-10-18-34-77(67)84/h2-49H,1H2. The summed E-state index contributed by atoms with van der Waals surface area (Å²) in [7, 11) is 0. The maximum atomic E-state index is 5.68. The second-order valence-electron chi connectivity index (χ2n) is 21.8. The SMILES string of the molecule is C=Cc1ccc(-c2ccc(-c3nc(-c4cc(-n5c6ccccc6c6ccccc65)cc(-n5c6ccccc6c6ccccc65)c4)cc(-c4cc(-n5c6ccccc6c6ccccc65)cc(-n5c6ccccc6c6ccccc65)c4)n3)cc2)cc1. The van der Waals surface area contributed by atoms with E-state index in [1.165, 1.54) is 43.1 Å². The molecule has 0 aliphatic rings.